The predicted octanol–water partition coefficient (Wildman–Crippen LogP) is 1.66. The van der Waals surface area contributed by atoms with Crippen LogP contribution < -0.4 is 5.32 Å². The molecule has 1 amide bonds. The number of carbonyl (C=O) groups is 2. The van der Waals surface area contributed by atoms with Gasteiger partial charge < -0.3 is 10.4 Å². The highest BCUT2D eigenvalue weighted by Gasteiger charge is 2.30. The van der Waals surface area contributed by atoms with Crippen LogP contribution in [0.3, 0.4) is 0 Å². The highest BCUT2D eigenvalue weighted by molar-refractivity contribution is 5.96. The topological polar surface area (TPSA) is 84.2 Å². The van der Waals surface area contributed by atoms with E-state index in [0.717, 1.165) is 5.69 Å². The second kappa shape index (κ2) is 5.64. The van der Waals surface area contributed by atoms with Gasteiger partial charge in [-0.25, -0.2) is 0 Å². The number of aliphatic carboxylic acids is 1. The third-order valence-electron chi connectivity index (χ3n) is 3.47. The van der Waals surface area contributed by atoms with Gasteiger partial charge in [-0.2, -0.15) is 5.10 Å². The molecule has 112 valence electrons. The van der Waals surface area contributed by atoms with Crippen molar-refractivity contribution >= 4 is 11.9 Å². The van der Waals surface area contributed by atoms with Gasteiger partial charge in [-0.1, -0.05) is 20.8 Å². The molecule has 0 radical (unpaired) electrons. The van der Waals surface area contributed by atoms with Gasteiger partial charge in [0.05, 0.1) is 17.7 Å². The van der Waals surface area contributed by atoms with E-state index in [9.17, 15) is 9.59 Å². The van der Waals surface area contributed by atoms with Gasteiger partial charge >= 0.3 is 5.97 Å². The fourth-order valence-electron chi connectivity index (χ4n) is 2.08. The first kappa shape index (κ1) is 16.2. The minimum absolute atomic E-state index is 0.104. The normalized spacial score (nSPS) is 13.1. The summed E-state index contributed by atoms with van der Waals surface area (Å²) in [6, 6.07) is -0.438. The second-order valence-corrected chi connectivity index (χ2v) is 6.16. The Balaban J connectivity index is 2.99. The Morgan fingerprint density at radius 3 is 2.25 bits per heavy atom. The van der Waals surface area contributed by atoms with Crippen LogP contribution >= 0.6 is 0 Å². The highest BCUT2D eigenvalue weighted by atomic mass is 16.4. The van der Waals surface area contributed by atoms with Crippen molar-refractivity contribution in [2.75, 3.05) is 0 Å². The lowest BCUT2D eigenvalue weighted by molar-refractivity contribution is -0.138. The minimum Gasteiger partial charge on any atom is -0.481 e. The molecule has 2 N–H and O–H groups in total. The lowest BCUT2D eigenvalue weighted by Crippen LogP contribution is -2.45. The summed E-state index contributed by atoms with van der Waals surface area (Å²) >= 11 is 0. The molecule has 1 heterocycles. The molecule has 0 aliphatic rings. The van der Waals surface area contributed by atoms with Gasteiger partial charge in [0.15, 0.2) is 0 Å². The molecule has 6 heteroatoms. The van der Waals surface area contributed by atoms with E-state index >= 15 is 0 Å². The van der Waals surface area contributed by atoms with Crippen LogP contribution in [0.2, 0.25) is 0 Å². The number of nitrogens with zero attached hydrogens (tertiary/aromatic N) is 2. The molecule has 0 saturated heterocycles. The second-order valence-electron chi connectivity index (χ2n) is 6.16. The first-order valence-electron chi connectivity index (χ1n) is 6.57. The van der Waals surface area contributed by atoms with Crippen LogP contribution in [0.25, 0.3) is 0 Å². The Morgan fingerprint density at radius 2 is 1.90 bits per heavy atom. The quantitative estimate of drug-likeness (QED) is 0.879. The van der Waals surface area contributed by atoms with E-state index in [1.165, 1.54) is 0 Å². The number of aromatic nitrogens is 2. The lowest BCUT2D eigenvalue weighted by atomic mass is 9.84. The van der Waals surface area contributed by atoms with Crippen molar-refractivity contribution in [3.05, 3.63) is 17.0 Å². The molecule has 20 heavy (non-hydrogen) atoms. The Morgan fingerprint density at radius 1 is 1.35 bits per heavy atom. The molecule has 1 unspecified atom stereocenters. The Kier molecular flexibility index (Phi) is 4.57. The zero-order valence-corrected chi connectivity index (χ0v) is 12.9. The van der Waals surface area contributed by atoms with Crippen molar-refractivity contribution in [2.45, 2.75) is 47.1 Å². The number of carboxylic acids is 1. The average molecular weight is 281 g/mol. The van der Waals surface area contributed by atoms with E-state index in [-0.39, 0.29) is 17.7 Å². The summed E-state index contributed by atoms with van der Waals surface area (Å²) < 4.78 is 1.65. The number of aryl methyl sites for hydroxylation is 2. The monoisotopic (exact) mass is 281 g/mol. The molecular weight excluding hydrogens is 258 g/mol. The maximum absolute atomic E-state index is 12.4. The van der Waals surface area contributed by atoms with Gasteiger partial charge in [-0.05, 0) is 19.3 Å². The maximum Gasteiger partial charge on any atom is 0.305 e. The lowest BCUT2D eigenvalue weighted by Gasteiger charge is -2.30. The zero-order valence-electron chi connectivity index (χ0n) is 12.9. The van der Waals surface area contributed by atoms with Crippen LogP contribution in [0.5, 0.6) is 0 Å². The smallest absolute Gasteiger partial charge is 0.305 e. The number of hydrogen-bond donors (Lipinski definition) is 2. The average Bonchev–Trinajstić information content (AvgIpc) is 2.50. The van der Waals surface area contributed by atoms with E-state index in [1.54, 1.807) is 18.7 Å². The summed E-state index contributed by atoms with van der Waals surface area (Å²) in [6.45, 7) is 9.31. The molecule has 1 rings (SSSR count). The van der Waals surface area contributed by atoms with E-state index in [2.05, 4.69) is 10.4 Å². The fourth-order valence-corrected chi connectivity index (χ4v) is 2.08. The fraction of sp³-hybridized carbons (Fsp3) is 0.643. The first-order valence-corrected chi connectivity index (χ1v) is 6.57. The summed E-state index contributed by atoms with van der Waals surface area (Å²) in [6.07, 6.45) is -0.104. The molecule has 6 nitrogen and oxygen atoms in total. The molecular formula is C14H23N3O3. The van der Waals surface area contributed by atoms with Crippen LogP contribution in [0, 0.1) is 19.3 Å². The number of carboxylic acid groups (broad SMARTS) is 1. The van der Waals surface area contributed by atoms with Gasteiger partial charge in [0.1, 0.15) is 0 Å². The Hall–Kier alpha value is -1.85. The molecule has 1 aromatic rings. The number of rotatable bonds is 4. The SMILES string of the molecule is Cc1nn(C)c(C)c1C(=O)NC(CC(=O)O)C(C)(C)C. The number of amides is 1. The maximum atomic E-state index is 12.4. The molecule has 1 aromatic heterocycles. The zero-order chi connectivity index (χ0) is 15.7. The van der Waals surface area contributed by atoms with Gasteiger partial charge in [0.2, 0.25) is 0 Å². The molecule has 0 saturated carbocycles. The summed E-state index contributed by atoms with van der Waals surface area (Å²) in [7, 11) is 1.78. The van der Waals surface area contributed by atoms with Crippen molar-refractivity contribution < 1.29 is 14.7 Å². The Bertz CT molecular complexity index is 527. The van der Waals surface area contributed by atoms with Gasteiger partial charge in [0, 0.05) is 18.8 Å². The highest BCUT2D eigenvalue weighted by Crippen LogP contribution is 2.23. The molecule has 0 fully saturated rings. The van der Waals surface area contributed by atoms with Crippen molar-refractivity contribution in [1.29, 1.82) is 0 Å². The summed E-state index contributed by atoms with van der Waals surface area (Å²) in [5.41, 5.74) is 1.60. The van der Waals surface area contributed by atoms with Gasteiger partial charge in [0.25, 0.3) is 5.91 Å². The summed E-state index contributed by atoms with van der Waals surface area (Å²) in [5, 5.41) is 16.0. The van der Waals surface area contributed by atoms with E-state index < -0.39 is 12.0 Å². The van der Waals surface area contributed by atoms with Crippen molar-refractivity contribution in [3.8, 4) is 0 Å². The van der Waals surface area contributed by atoms with Crippen LogP contribution in [0.15, 0.2) is 0 Å². The van der Waals surface area contributed by atoms with E-state index in [1.807, 2.05) is 27.7 Å². The molecule has 0 bridgehead atoms. The third kappa shape index (κ3) is 3.59. The van der Waals surface area contributed by atoms with Crippen molar-refractivity contribution in [1.82, 2.24) is 15.1 Å². The van der Waals surface area contributed by atoms with E-state index in [0.29, 0.717) is 11.3 Å². The molecule has 0 aliphatic heterocycles. The van der Waals surface area contributed by atoms with Gasteiger partial charge in [-0.15, -0.1) is 0 Å². The number of hydrogen-bond acceptors (Lipinski definition) is 3. The predicted molar refractivity (Wildman–Crippen MR) is 75.6 cm³/mol. The minimum atomic E-state index is -0.926. The number of nitrogens with one attached hydrogen (secondary N) is 1. The van der Waals surface area contributed by atoms with Crippen molar-refractivity contribution in [3.63, 3.8) is 0 Å². The largest absolute Gasteiger partial charge is 0.481 e. The molecule has 0 spiro atoms. The van der Waals surface area contributed by atoms with E-state index in [4.69, 9.17) is 5.11 Å². The third-order valence-corrected chi connectivity index (χ3v) is 3.47. The molecule has 1 atom stereocenters. The summed E-state index contributed by atoms with van der Waals surface area (Å²) in [5.74, 6) is -1.20. The van der Waals surface area contributed by atoms with Crippen LogP contribution in [0.4, 0.5) is 0 Å². The number of carbonyl (C=O) groups excluding carboxylic acids is 1. The van der Waals surface area contributed by atoms with Crippen LogP contribution in [-0.2, 0) is 11.8 Å². The van der Waals surface area contributed by atoms with Crippen LogP contribution in [-0.4, -0.2) is 32.8 Å². The van der Waals surface area contributed by atoms with Gasteiger partial charge in [-0.3, -0.25) is 14.3 Å². The van der Waals surface area contributed by atoms with Crippen molar-refractivity contribution in [2.24, 2.45) is 12.5 Å². The standard InChI is InChI=1S/C14H23N3O3/c1-8-12(9(2)17(6)16-8)13(20)15-10(7-11(18)19)14(3,4)5/h10H,7H2,1-6H3,(H,15,20)(H,18,19). The Labute approximate surface area is 119 Å². The van der Waals surface area contributed by atoms with Crippen LogP contribution in [0.1, 0.15) is 48.9 Å². The molecule has 0 aliphatic carbocycles. The first-order chi connectivity index (χ1) is 9.04. The summed E-state index contributed by atoms with van der Waals surface area (Å²) in [4.78, 5) is 23.3. The molecule has 0 aromatic carbocycles.